The Morgan fingerprint density at radius 1 is 1.05 bits per heavy atom. The summed E-state index contributed by atoms with van der Waals surface area (Å²) in [6.45, 7) is 9.87. The summed E-state index contributed by atoms with van der Waals surface area (Å²) >= 11 is 6.45. The first kappa shape index (κ1) is 31.6. The van der Waals surface area contributed by atoms with Crippen molar-refractivity contribution in [1.29, 1.82) is 0 Å². The van der Waals surface area contributed by atoms with E-state index in [0.29, 0.717) is 61.0 Å². The zero-order valence-electron chi connectivity index (χ0n) is 25.7. The number of carbonyl (C=O) groups is 4. The van der Waals surface area contributed by atoms with E-state index in [1.165, 1.54) is 23.9 Å². The van der Waals surface area contributed by atoms with Gasteiger partial charge in [0.2, 0.25) is 5.91 Å². The van der Waals surface area contributed by atoms with Crippen LogP contribution >= 0.6 is 11.6 Å². The fourth-order valence-electron chi connectivity index (χ4n) is 6.39. The number of amides is 3. The van der Waals surface area contributed by atoms with Crippen LogP contribution in [-0.2, 0) is 19.1 Å². The van der Waals surface area contributed by atoms with Crippen molar-refractivity contribution in [2.45, 2.75) is 40.0 Å². The lowest BCUT2D eigenvalue weighted by Gasteiger charge is -2.34. The van der Waals surface area contributed by atoms with Gasteiger partial charge in [-0.15, -0.1) is 0 Å². The summed E-state index contributed by atoms with van der Waals surface area (Å²) in [5.74, 6) is -1.59. The summed E-state index contributed by atoms with van der Waals surface area (Å²) in [7, 11) is 1.19. The summed E-state index contributed by atoms with van der Waals surface area (Å²) in [5, 5.41) is 0.602. The molecule has 2 saturated heterocycles. The lowest BCUT2D eigenvalue weighted by Crippen LogP contribution is -2.47. The number of aryl methyl sites for hydroxylation is 3. The number of fused-ring (bicyclic) bond motifs is 1. The second-order valence-electron chi connectivity index (χ2n) is 11.8. The third kappa shape index (κ3) is 6.63. The van der Waals surface area contributed by atoms with E-state index in [4.69, 9.17) is 11.6 Å². The van der Waals surface area contributed by atoms with E-state index in [9.17, 15) is 19.2 Å². The monoisotopic (exact) mass is 622 g/mol. The number of aromatic nitrogens is 2. The van der Waals surface area contributed by atoms with Crippen molar-refractivity contribution in [3.63, 3.8) is 0 Å². The van der Waals surface area contributed by atoms with Gasteiger partial charge in [0.25, 0.3) is 5.91 Å². The number of anilines is 1. The van der Waals surface area contributed by atoms with Gasteiger partial charge in [0.15, 0.2) is 0 Å². The van der Waals surface area contributed by atoms with Gasteiger partial charge >= 0.3 is 11.9 Å². The molecular formula is C32H39ClN6O5. The number of piperidine rings is 1. The average Bonchev–Trinajstić information content (AvgIpc) is 3.59. The third-order valence-corrected chi connectivity index (χ3v) is 9.34. The first-order valence-corrected chi connectivity index (χ1v) is 15.4. The minimum Gasteiger partial charge on any atom is -0.462 e. The zero-order valence-corrected chi connectivity index (χ0v) is 26.5. The molecule has 4 heterocycles. The van der Waals surface area contributed by atoms with Crippen LogP contribution in [0, 0.1) is 32.6 Å². The molecule has 1 aromatic carbocycles. The van der Waals surface area contributed by atoms with E-state index in [0.717, 1.165) is 37.3 Å². The van der Waals surface area contributed by atoms with E-state index in [-0.39, 0.29) is 23.7 Å². The van der Waals surface area contributed by atoms with Crippen LogP contribution in [0.15, 0.2) is 36.3 Å². The van der Waals surface area contributed by atoms with Gasteiger partial charge in [0, 0.05) is 74.6 Å². The van der Waals surface area contributed by atoms with Crippen molar-refractivity contribution in [1.82, 2.24) is 24.7 Å². The number of benzene rings is 1. The van der Waals surface area contributed by atoms with E-state index in [1.807, 2.05) is 50.1 Å². The van der Waals surface area contributed by atoms with Gasteiger partial charge in [-0.25, -0.2) is 14.8 Å². The second kappa shape index (κ2) is 13.4. The van der Waals surface area contributed by atoms with Gasteiger partial charge in [0.05, 0.1) is 24.1 Å². The molecule has 5 rings (SSSR count). The van der Waals surface area contributed by atoms with Crippen LogP contribution in [0.1, 0.15) is 46.6 Å². The standard InChI is InChI=1S/C32H39ClN6O5/c1-20-6-7-26(14-27(20)33)39(29(40)23-8-12-37(13-9-23)31(42)32(43)44-4)11-5-10-36-15-24-17-38(18-25(24)16-36)30(41)28-21(2)34-19-35-22(28)3/h6-7,14,17,19,23,25H,5,8-13,15-16,18H2,1-4H3. The molecule has 1 aromatic heterocycles. The van der Waals surface area contributed by atoms with Gasteiger partial charge in [-0.1, -0.05) is 17.7 Å². The SMILES string of the molecule is COC(=O)C(=O)N1CCC(C(=O)N(CCCN2CC3=CN(C(=O)c4c(C)ncnc4C)CC3C2)c2ccc(C)c(Cl)c2)CC1. The van der Waals surface area contributed by atoms with Crippen LogP contribution in [0.4, 0.5) is 5.69 Å². The molecule has 1 unspecified atom stereocenters. The Morgan fingerprint density at radius 2 is 1.75 bits per heavy atom. The quantitative estimate of drug-likeness (QED) is 0.342. The number of hydrogen-bond acceptors (Lipinski definition) is 8. The number of esters is 1. The fourth-order valence-corrected chi connectivity index (χ4v) is 6.56. The molecule has 3 aliphatic rings. The van der Waals surface area contributed by atoms with Crippen molar-refractivity contribution in [2.24, 2.45) is 11.8 Å². The average molecular weight is 623 g/mol. The lowest BCUT2D eigenvalue weighted by atomic mass is 9.94. The number of carbonyl (C=O) groups excluding carboxylic acids is 4. The topological polar surface area (TPSA) is 116 Å². The summed E-state index contributed by atoms with van der Waals surface area (Å²) in [5.41, 5.74) is 4.89. The molecule has 3 amide bonds. The Bertz CT molecular complexity index is 1470. The fraction of sp³-hybridized carbons (Fsp3) is 0.500. The molecule has 3 aliphatic heterocycles. The zero-order chi connectivity index (χ0) is 31.5. The van der Waals surface area contributed by atoms with E-state index in [2.05, 4.69) is 19.6 Å². The van der Waals surface area contributed by atoms with Crippen molar-refractivity contribution < 1.29 is 23.9 Å². The Hall–Kier alpha value is -3.83. The van der Waals surface area contributed by atoms with E-state index >= 15 is 0 Å². The van der Waals surface area contributed by atoms with E-state index < -0.39 is 11.9 Å². The molecular weight excluding hydrogens is 584 g/mol. The molecule has 11 nitrogen and oxygen atoms in total. The van der Waals surface area contributed by atoms with Gasteiger partial charge < -0.3 is 19.4 Å². The predicted octanol–water partition coefficient (Wildman–Crippen LogP) is 3.16. The molecule has 234 valence electrons. The first-order valence-electron chi connectivity index (χ1n) is 15.0. The number of rotatable bonds is 7. The highest BCUT2D eigenvalue weighted by Gasteiger charge is 2.37. The number of methoxy groups -OCH3 is 1. The number of halogens is 1. The molecule has 0 bridgehead atoms. The maximum Gasteiger partial charge on any atom is 0.396 e. The largest absolute Gasteiger partial charge is 0.462 e. The van der Waals surface area contributed by atoms with Crippen LogP contribution < -0.4 is 4.90 Å². The van der Waals surface area contributed by atoms with Crippen molar-refractivity contribution in [3.8, 4) is 0 Å². The van der Waals surface area contributed by atoms with Crippen LogP contribution in [0.3, 0.4) is 0 Å². The maximum atomic E-state index is 13.8. The van der Waals surface area contributed by atoms with Crippen LogP contribution in [0.5, 0.6) is 0 Å². The van der Waals surface area contributed by atoms with Crippen LogP contribution in [0.25, 0.3) is 0 Å². The molecule has 44 heavy (non-hydrogen) atoms. The Labute approximate surface area is 262 Å². The van der Waals surface area contributed by atoms with Crippen LogP contribution in [0.2, 0.25) is 5.02 Å². The molecule has 12 heteroatoms. The smallest absolute Gasteiger partial charge is 0.396 e. The maximum absolute atomic E-state index is 13.8. The summed E-state index contributed by atoms with van der Waals surface area (Å²) in [6, 6.07) is 5.68. The summed E-state index contributed by atoms with van der Waals surface area (Å²) in [4.78, 5) is 66.8. The molecule has 0 aliphatic carbocycles. The Balaban J connectivity index is 1.19. The van der Waals surface area contributed by atoms with Gasteiger partial charge in [-0.2, -0.15) is 0 Å². The summed E-state index contributed by atoms with van der Waals surface area (Å²) < 4.78 is 4.56. The first-order chi connectivity index (χ1) is 21.1. The summed E-state index contributed by atoms with van der Waals surface area (Å²) in [6.07, 6.45) is 5.18. The molecule has 2 aromatic rings. The number of ether oxygens (including phenoxy) is 1. The lowest BCUT2D eigenvalue weighted by molar-refractivity contribution is -0.159. The number of likely N-dealkylation sites (tertiary alicyclic amines) is 2. The van der Waals surface area contributed by atoms with Crippen molar-refractivity contribution in [2.75, 3.05) is 57.8 Å². The predicted molar refractivity (Wildman–Crippen MR) is 165 cm³/mol. The highest BCUT2D eigenvalue weighted by Crippen LogP contribution is 2.32. The molecule has 0 N–H and O–H groups in total. The normalized spacial score (nSPS) is 18.7. The van der Waals surface area contributed by atoms with Crippen LogP contribution in [-0.4, -0.2) is 101 Å². The molecule has 0 radical (unpaired) electrons. The molecule has 1 atom stereocenters. The number of nitrogens with zero attached hydrogens (tertiary/aromatic N) is 6. The van der Waals surface area contributed by atoms with Gasteiger partial charge in [-0.3, -0.25) is 19.3 Å². The minimum atomic E-state index is -0.886. The molecule has 2 fully saturated rings. The highest BCUT2D eigenvalue weighted by molar-refractivity contribution is 6.32. The highest BCUT2D eigenvalue weighted by atomic mass is 35.5. The third-order valence-electron chi connectivity index (χ3n) is 8.93. The molecule has 0 spiro atoms. The van der Waals surface area contributed by atoms with Gasteiger partial charge in [-0.05, 0) is 63.3 Å². The molecule has 0 saturated carbocycles. The second-order valence-corrected chi connectivity index (χ2v) is 12.3. The Morgan fingerprint density at radius 3 is 2.39 bits per heavy atom. The Kier molecular flexibility index (Phi) is 9.65. The van der Waals surface area contributed by atoms with Gasteiger partial charge in [0.1, 0.15) is 6.33 Å². The minimum absolute atomic E-state index is 0.000666. The van der Waals surface area contributed by atoms with Crippen molar-refractivity contribution >= 4 is 41.0 Å². The van der Waals surface area contributed by atoms with Crippen molar-refractivity contribution in [3.05, 3.63) is 63.8 Å². The van der Waals surface area contributed by atoms with E-state index in [1.54, 1.807) is 4.90 Å². The number of hydrogen-bond donors (Lipinski definition) is 0.